The molecule has 1 amide bonds. The monoisotopic (exact) mass is 614 g/mol. The van der Waals surface area contributed by atoms with E-state index in [2.05, 4.69) is 10.0 Å². The van der Waals surface area contributed by atoms with Crippen LogP contribution in [0.1, 0.15) is 39.9 Å². The highest BCUT2D eigenvalue weighted by Crippen LogP contribution is 2.22. The van der Waals surface area contributed by atoms with Crippen LogP contribution in [0.25, 0.3) is 6.08 Å². The fourth-order valence-corrected chi connectivity index (χ4v) is 5.10. The van der Waals surface area contributed by atoms with Crippen LogP contribution in [-0.2, 0) is 32.5 Å². The van der Waals surface area contributed by atoms with Gasteiger partial charge in [0, 0.05) is 17.0 Å². The van der Waals surface area contributed by atoms with Crippen molar-refractivity contribution >= 4 is 45.5 Å². The van der Waals surface area contributed by atoms with Gasteiger partial charge in [0.15, 0.2) is 6.61 Å². The van der Waals surface area contributed by atoms with Crippen LogP contribution >= 0.6 is 11.6 Å². The topological polar surface area (TPSA) is 159 Å². The Kier molecular flexibility index (Phi) is 12.1. The molecular weight excluding hydrogens is 584 g/mol. The van der Waals surface area contributed by atoms with Gasteiger partial charge in [-0.2, -0.15) is 4.72 Å². The summed E-state index contributed by atoms with van der Waals surface area (Å²) in [6, 6.07) is 18.9. The number of hydrogen-bond acceptors (Lipinski definition) is 6. The Labute approximate surface area is 249 Å². The Morgan fingerprint density at radius 2 is 1.62 bits per heavy atom. The maximum absolute atomic E-state index is 13.2. The summed E-state index contributed by atoms with van der Waals surface area (Å²) in [6.45, 7) is -0.441. The maximum atomic E-state index is 13.2. The van der Waals surface area contributed by atoms with Crippen LogP contribution in [0.3, 0.4) is 0 Å². The molecule has 12 heteroatoms. The van der Waals surface area contributed by atoms with E-state index in [1.54, 1.807) is 30.3 Å². The second-order valence-corrected chi connectivity index (χ2v) is 11.4. The number of carboxylic acids is 2. The number of carbonyl (C=O) groups excluding carboxylic acids is 1. The van der Waals surface area contributed by atoms with E-state index in [4.69, 9.17) is 21.4 Å². The average Bonchev–Trinajstić information content (AvgIpc) is 2.96. The van der Waals surface area contributed by atoms with Crippen LogP contribution in [0, 0.1) is 0 Å². The number of rotatable bonds is 16. The Morgan fingerprint density at radius 1 is 0.929 bits per heavy atom. The molecule has 222 valence electrons. The van der Waals surface area contributed by atoms with Crippen LogP contribution in [-0.4, -0.2) is 55.7 Å². The van der Waals surface area contributed by atoms with Gasteiger partial charge in [-0.05, 0) is 72.7 Å². The minimum atomic E-state index is -4.08. The van der Waals surface area contributed by atoms with Crippen molar-refractivity contribution in [3.63, 3.8) is 0 Å². The van der Waals surface area contributed by atoms with Crippen molar-refractivity contribution in [3.8, 4) is 5.75 Å². The van der Waals surface area contributed by atoms with E-state index in [0.717, 1.165) is 23.8 Å². The molecule has 3 rings (SSSR count). The molecule has 0 bridgehead atoms. The molecule has 1 atom stereocenters. The van der Waals surface area contributed by atoms with Crippen molar-refractivity contribution in [2.45, 2.75) is 31.7 Å². The van der Waals surface area contributed by atoms with Gasteiger partial charge in [0.2, 0.25) is 15.9 Å². The standard InChI is InChI=1S/C30H31ClN2O8S/c31-24-12-9-22(10-13-24)8-4-5-16-32-29(36)26(33-42(39,40)17-15-21-6-2-1-3-7-21)19-23-11-14-27(41-20-28(34)35)25(18-23)30(37)38/h1-3,6-7,9-15,17-18,26,33H,4-5,8,16,19-20H2,(H,32,36)(H,34,35)(H,37,38)/b17-15+/t26-/m0/s1. The zero-order valence-electron chi connectivity index (χ0n) is 22.5. The minimum absolute atomic E-state index is 0.165. The highest BCUT2D eigenvalue weighted by atomic mass is 35.5. The lowest BCUT2D eigenvalue weighted by Gasteiger charge is -2.18. The molecule has 0 unspecified atom stereocenters. The third-order valence-electron chi connectivity index (χ3n) is 6.03. The van der Waals surface area contributed by atoms with Crippen LogP contribution in [0.15, 0.2) is 78.2 Å². The second-order valence-electron chi connectivity index (χ2n) is 9.33. The molecule has 4 N–H and O–H groups in total. The molecule has 0 aromatic heterocycles. The van der Waals surface area contributed by atoms with Gasteiger partial charge in [-0.3, -0.25) is 4.79 Å². The van der Waals surface area contributed by atoms with E-state index in [9.17, 15) is 27.9 Å². The normalized spacial score (nSPS) is 12.1. The highest BCUT2D eigenvalue weighted by Gasteiger charge is 2.24. The summed E-state index contributed by atoms with van der Waals surface area (Å²) >= 11 is 5.91. The van der Waals surface area contributed by atoms with Crippen molar-refractivity contribution in [2.75, 3.05) is 13.2 Å². The number of benzene rings is 3. The zero-order chi connectivity index (χ0) is 30.5. The van der Waals surface area contributed by atoms with Gasteiger partial charge in [-0.1, -0.05) is 60.1 Å². The van der Waals surface area contributed by atoms with E-state index in [1.165, 1.54) is 24.3 Å². The first-order chi connectivity index (χ1) is 20.0. The number of aryl methyl sites for hydroxylation is 1. The van der Waals surface area contributed by atoms with Gasteiger partial charge < -0.3 is 20.3 Å². The van der Waals surface area contributed by atoms with Crippen molar-refractivity contribution in [1.82, 2.24) is 10.0 Å². The summed E-state index contributed by atoms with van der Waals surface area (Å²) < 4.78 is 33.2. The Hall–Kier alpha value is -4.19. The number of carboxylic acid groups (broad SMARTS) is 2. The summed E-state index contributed by atoms with van der Waals surface area (Å²) in [4.78, 5) is 35.8. The molecule has 0 heterocycles. The number of aromatic carboxylic acids is 1. The minimum Gasteiger partial charge on any atom is -0.481 e. The summed E-state index contributed by atoms with van der Waals surface area (Å²) in [5, 5.41) is 22.8. The molecule has 0 aliphatic heterocycles. The SMILES string of the molecule is O=C(O)COc1ccc(C[C@H](NS(=O)(=O)/C=C/c2ccccc2)C(=O)NCCCCc2ccc(Cl)cc2)cc1C(=O)O. The number of amides is 1. The molecule has 42 heavy (non-hydrogen) atoms. The number of nitrogens with one attached hydrogen (secondary N) is 2. The molecule has 0 aliphatic carbocycles. The van der Waals surface area contributed by atoms with Crippen LogP contribution < -0.4 is 14.8 Å². The molecule has 0 spiro atoms. The number of hydrogen-bond donors (Lipinski definition) is 4. The first kappa shape index (κ1) is 32.3. The molecule has 0 saturated carbocycles. The Bertz CT molecular complexity index is 1510. The highest BCUT2D eigenvalue weighted by molar-refractivity contribution is 7.92. The third kappa shape index (κ3) is 11.0. The van der Waals surface area contributed by atoms with Gasteiger partial charge in [0.1, 0.15) is 17.4 Å². The molecule has 10 nitrogen and oxygen atoms in total. The lowest BCUT2D eigenvalue weighted by molar-refractivity contribution is -0.139. The number of carbonyl (C=O) groups is 3. The Morgan fingerprint density at radius 3 is 2.29 bits per heavy atom. The Balaban J connectivity index is 1.72. The van der Waals surface area contributed by atoms with Crippen LogP contribution in [0.5, 0.6) is 5.75 Å². The van der Waals surface area contributed by atoms with Gasteiger partial charge in [0.25, 0.3) is 0 Å². The molecule has 0 radical (unpaired) electrons. The summed E-state index contributed by atoms with van der Waals surface area (Å²) in [5.74, 6) is -3.40. The second kappa shape index (κ2) is 15.7. The molecule has 0 fully saturated rings. The molecule has 3 aromatic carbocycles. The molecule has 0 aliphatic rings. The van der Waals surface area contributed by atoms with Crippen molar-refractivity contribution in [3.05, 3.63) is 105 Å². The number of ether oxygens (including phenoxy) is 1. The summed E-state index contributed by atoms with van der Waals surface area (Å²) in [6.07, 6.45) is 3.42. The molecular formula is C30H31ClN2O8S. The number of aliphatic carboxylic acids is 1. The van der Waals surface area contributed by atoms with E-state index < -0.39 is 40.5 Å². The van der Waals surface area contributed by atoms with E-state index in [0.29, 0.717) is 29.1 Å². The van der Waals surface area contributed by atoms with Crippen molar-refractivity contribution < 1.29 is 37.8 Å². The fraction of sp³-hybridized carbons (Fsp3) is 0.233. The first-order valence-electron chi connectivity index (χ1n) is 13.0. The maximum Gasteiger partial charge on any atom is 0.341 e. The molecule has 0 saturated heterocycles. The van der Waals surface area contributed by atoms with E-state index in [1.807, 2.05) is 24.3 Å². The zero-order valence-corrected chi connectivity index (χ0v) is 24.1. The molecule has 3 aromatic rings. The quantitative estimate of drug-likeness (QED) is 0.175. The van der Waals surface area contributed by atoms with E-state index in [-0.39, 0.29) is 17.7 Å². The predicted molar refractivity (Wildman–Crippen MR) is 159 cm³/mol. The van der Waals surface area contributed by atoms with Gasteiger partial charge in [-0.15, -0.1) is 0 Å². The van der Waals surface area contributed by atoms with E-state index >= 15 is 0 Å². The van der Waals surface area contributed by atoms with Crippen LogP contribution in [0.4, 0.5) is 0 Å². The third-order valence-corrected chi connectivity index (χ3v) is 7.39. The van der Waals surface area contributed by atoms with Crippen LogP contribution in [0.2, 0.25) is 5.02 Å². The summed E-state index contributed by atoms with van der Waals surface area (Å²) in [5.41, 5.74) is 1.76. The summed E-state index contributed by atoms with van der Waals surface area (Å²) in [7, 11) is -4.08. The lowest BCUT2D eigenvalue weighted by atomic mass is 10.0. The largest absolute Gasteiger partial charge is 0.481 e. The first-order valence-corrected chi connectivity index (χ1v) is 14.9. The average molecular weight is 615 g/mol. The number of unbranched alkanes of at least 4 members (excludes halogenated alkanes) is 1. The fourth-order valence-electron chi connectivity index (χ4n) is 3.97. The van der Waals surface area contributed by atoms with Gasteiger partial charge in [-0.25, -0.2) is 18.0 Å². The number of halogens is 1. The van der Waals surface area contributed by atoms with Crippen molar-refractivity contribution in [2.24, 2.45) is 0 Å². The lowest BCUT2D eigenvalue weighted by Crippen LogP contribution is -2.47. The smallest absolute Gasteiger partial charge is 0.341 e. The predicted octanol–water partition coefficient (Wildman–Crippen LogP) is 4.14. The van der Waals surface area contributed by atoms with Crippen molar-refractivity contribution in [1.29, 1.82) is 0 Å². The van der Waals surface area contributed by atoms with Gasteiger partial charge >= 0.3 is 11.9 Å². The van der Waals surface area contributed by atoms with Gasteiger partial charge in [0.05, 0.1) is 0 Å². The number of sulfonamides is 1.